The van der Waals surface area contributed by atoms with Crippen LogP contribution in [0.2, 0.25) is 0 Å². The number of ether oxygens (including phenoxy) is 1. The molecule has 0 unspecified atom stereocenters. The van der Waals surface area contributed by atoms with Crippen LogP contribution in [0.1, 0.15) is 11.1 Å². The van der Waals surface area contributed by atoms with Gasteiger partial charge in [-0.15, -0.1) is 0 Å². The maximum Gasteiger partial charge on any atom is 0.301 e. The SMILES string of the molecule is Cc1cc(C#CCN)ccc1NS(=O)(=O)N1CCOCC1. The quantitative estimate of drug-likeness (QED) is 0.786. The lowest BCUT2D eigenvalue weighted by atomic mass is 10.1. The van der Waals surface area contributed by atoms with Gasteiger partial charge in [0.05, 0.1) is 25.4 Å². The highest BCUT2D eigenvalue weighted by Crippen LogP contribution is 2.19. The third kappa shape index (κ3) is 4.19. The Balaban J connectivity index is 2.15. The first kappa shape index (κ1) is 15.8. The van der Waals surface area contributed by atoms with Gasteiger partial charge in [0.25, 0.3) is 0 Å². The van der Waals surface area contributed by atoms with Crippen LogP contribution in [0.4, 0.5) is 5.69 Å². The van der Waals surface area contributed by atoms with Gasteiger partial charge in [-0.1, -0.05) is 11.8 Å². The molecule has 0 aliphatic carbocycles. The first-order valence-electron chi connectivity index (χ1n) is 6.68. The topological polar surface area (TPSA) is 84.7 Å². The molecule has 1 fully saturated rings. The first-order chi connectivity index (χ1) is 10.0. The fourth-order valence-electron chi connectivity index (χ4n) is 2.00. The maximum atomic E-state index is 12.3. The molecule has 0 atom stereocenters. The van der Waals surface area contributed by atoms with Crippen molar-refractivity contribution in [3.63, 3.8) is 0 Å². The molecular formula is C14H19N3O3S. The molecule has 2 rings (SSSR count). The van der Waals surface area contributed by atoms with Crippen molar-refractivity contribution in [2.45, 2.75) is 6.92 Å². The van der Waals surface area contributed by atoms with Gasteiger partial charge in [0.1, 0.15) is 0 Å². The number of anilines is 1. The van der Waals surface area contributed by atoms with E-state index in [1.807, 2.05) is 13.0 Å². The van der Waals surface area contributed by atoms with Crippen LogP contribution in [0.3, 0.4) is 0 Å². The van der Waals surface area contributed by atoms with Gasteiger partial charge in [-0.25, -0.2) is 0 Å². The number of benzene rings is 1. The number of rotatable bonds is 3. The molecule has 0 aromatic heterocycles. The van der Waals surface area contributed by atoms with Gasteiger partial charge in [0.15, 0.2) is 0 Å². The average molecular weight is 309 g/mol. The van der Waals surface area contributed by atoms with Crippen LogP contribution in [-0.4, -0.2) is 45.6 Å². The molecular weight excluding hydrogens is 290 g/mol. The normalized spacial score (nSPS) is 16.1. The van der Waals surface area contributed by atoms with E-state index in [0.29, 0.717) is 38.5 Å². The van der Waals surface area contributed by atoms with Crippen molar-refractivity contribution in [3.05, 3.63) is 29.3 Å². The molecule has 1 aliphatic heterocycles. The van der Waals surface area contributed by atoms with Crippen LogP contribution >= 0.6 is 0 Å². The van der Waals surface area contributed by atoms with E-state index in [-0.39, 0.29) is 0 Å². The van der Waals surface area contributed by atoms with Crippen molar-refractivity contribution in [2.75, 3.05) is 37.6 Å². The summed E-state index contributed by atoms with van der Waals surface area (Å²) in [4.78, 5) is 0. The van der Waals surface area contributed by atoms with Crippen LogP contribution in [0.15, 0.2) is 18.2 Å². The van der Waals surface area contributed by atoms with E-state index in [1.165, 1.54) is 4.31 Å². The molecule has 1 aromatic carbocycles. The van der Waals surface area contributed by atoms with Crippen molar-refractivity contribution in [1.29, 1.82) is 0 Å². The lowest BCUT2D eigenvalue weighted by molar-refractivity contribution is 0.0733. The molecule has 7 heteroatoms. The van der Waals surface area contributed by atoms with E-state index >= 15 is 0 Å². The van der Waals surface area contributed by atoms with Crippen molar-refractivity contribution in [3.8, 4) is 11.8 Å². The van der Waals surface area contributed by atoms with Gasteiger partial charge < -0.3 is 10.5 Å². The lowest BCUT2D eigenvalue weighted by Gasteiger charge is -2.26. The van der Waals surface area contributed by atoms with Gasteiger partial charge in [-0.05, 0) is 30.7 Å². The largest absolute Gasteiger partial charge is 0.379 e. The lowest BCUT2D eigenvalue weighted by Crippen LogP contribution is -2.43. The Morgan fingerprint density at radius 2 is 2.10 bits per heavy atom. The number of nitrogens with two attached hydrogens (primary N) is 1. The third-order valence-corrected chi connectivity index (χ3v) is 4.63. The highest BCUT2D eigenvalue weighted by molar-refractivity contribution is 7.90. The molecule has 6 nitrogen and oxygen atoms in total. The fraction of sp³-hybridized carbons (Fsp3) is 0.429. The zero-order chi connectivity index (χ0) is 15.3. The van der Waals surface area contributed by atoms with Gasteiger partial charge in [-0.2, -0.15) is 12.7 Å². The predicted molar refractivity (Wildman–Crippen MR) is 82.0 cm³/mol. The summed E-state index contributed by atoms with van der Waals surface area (Å²) in [5, 5.41) is 0. The zero-order valence-electron chi connectivity index (χ0n) is 11.9. The summed E-state index contributed by atoms with van der Waals surface area (Å²) in [5.41, 5.74) is 7.51. The molecule has 0 amide bonds. The average Bonchev–Trinajstić information content (AvgIpc) is 2.48. The van der Waals surface area contributed by atoms with Crippen molar-refractivity contribution in [1.82, 2.24) is 4.31 Å². The van der Waals surface area contributed by atoms with Crippen LogP contribution in [0.5, 0.6) is 0 Å². The number of aryl methyl sites for hydroxylation is 1. The second-order valence-corrected chi connectivity index (χ2v) is 6.32. The molecule has 0 saturated carbocycles. The summed E-state index contributed by atoms with van der Waals surface area (Å²) in [6.45, 7) is 3.72. The third-order valence-electron chi connectivity index (χ3n) is 3.11. The Labute approximate surface area is 125 Å². The molecule has 0 spiro atoms. The Hall–Kier alpha value is -1.59. The summed E-state index contributed by atoms with van der Waals surface area (Å²) < 4.78 is 33.7. The van der Waals surface area contributed by atoms with E-state index in [1.54, 1.807) is 12.1 Å². The van der Waals surface area contributed by atoms with Gasteiger partial charge >= 0.3 is 10.2 Å². The van der Waals surface area contributed by atoms with Crippen molar-refractivity contribution < 1.29 is 13.2 Å². The fourth-order valence-corrected chi connectivity index (χ4v) is 3.27. The standard InChI is InChI=1S/C14H19N3O3S/c1-12-11-13(3-2-6-15)4-5-14(12)16-21(18,19)17-7-9-20-10-8-17/h4-5,11,16H,6-10,15H2,1H3. The Morgan fingerprint density at radius 1 is 1.38 bits per heavy atom. The number of morpholine rings is 1. The van der Waals surface area contributed by atoms with Crippen LogP contribution in [0, 0.1) is 18.8 Å². The second kappa shape index (κ2) is 6.91. The van der Waals surface area contributed by atoms with Crippen LogP contribution < -0.4 is 10.5 Å². The maximum absolute atomic E-state index is 12.3. The van der Waals surface area contributed by atoms with Gasteiger partial charge in [-0.3, -0.25) is 4.72 Å². The number of hydrogen-bond acceptors (Lipinski definition) is 4. The summed E-state index contributed by atoms with van der Waals surface area (Å²) in [7, 11) is -3.54. The summed E-state index contributed by atoms with van der Waals surface area (Å²) in [6, 6.07) is 5.32. The minimum Gasteiger partial charge on any atom is -0.379 e. The summed E-state index contributed by atoms with van der Waals surface area (Å²) in [6.07, 6.45) is 0. The molecule has 114 valence electrons. The number of nitrogens with zero attached hydrogens (tertiary/aromatic N) is 1. The molecule has 21 heavy (non-hydrogen) atoms. The van der Waals surface area contributed by atoms with E-state index in [9.17, 15) is 8.42 Å². The van der Waals surface area contributed by atoms with E-state index in [4.69, 9.17) is 10.5 Å². The minimum atomic E-state index is -3.54. The smallest absolute Gasteiger partial charge is 0.301 e. The Morgan fingerprint density at radius 3 is 2.71 bits per heavy atom. The van der Waals surface area contributed by atoms with Gasteiger partial charge in [0, 0.05) is 18.7 Å². The Bertz CT molecular complexity index is 656. The molecule has 3 N–H and O–H groups in total. The van der Waals surface area contributed by atoms with Crippen molar-refractivity contribution in [2.24, 2.45) is 5.73 Å². The molecule has 1 saturated heterocycles. The van der Waals surface area contributed by atoms with Crippen LogP contribution in [0.25, 0.3) is 0 Å². The van der Waals surface area contributed by atoms with E-state index in [2.05, 4.69) is 16.6 Å². The highest BCUT2D eigenvalue weighted by atomic mass is 32.2. The summed E-state index contributed by atoms with van der Waals surface area (Å²) in [5.74, 6) is 5.69. The monoisotopic (exact) mass is 309 g/mol. The van der Waals surface area contributed by atoms with Gasteiger partial charge in [0.2, 0.25) is 0 Å². The first-order valence-corrected chi connectivity index (χ1v) is 8.12. The molecule has 0 bridgehead atoms. The number of nitrogens with one attached hydrogen (secondary N) is 1. The second-order valence-electron chi connectivity index (χ2n) is 4.65. The predicted octanol–water partition coefficient (Wildman–Crippen LogP) is 0.294. The van der Waals surface area contributed by atoms with Crippen molar-refractivity contribution >= 4 is 15.9 Å². The molecule has 1 heterocycles. The van der Waals surface area contributed by atoms with Crippen LogP contribution in [-0.2, 0) is 14.9 Å². The minimum absolute atomic E-state index is 0.296. The highest BCUT2D eigenvalue weighted by Gasteiger charge is 2.24. The Kier molecular flexibility index (Phi) is 5.20. The summed E-state index contributed by atoms with van der Waals surface area (Å²) >= 11 is 0. The number of hydrogen-bond donors (Lipinski definition) is 2. The molecule has 0 radical (unpaired) electrons. The van der Waals surface area contributed by atoms with E-state index in [0.717, 1.165) is 11.1 Å². The van der Waals surface area contributed by atoms with E-state index < -0.39 is 10.2 Å². The molecule has 1 aliphatic rings. The zero-order valence-corrected chi connectivity index (χ0v) is 12.7. The molecule has 1 aromatic rings.